The number of piperazine rings is 1. The lowest BCUT2D eigenvalue weighted by Crippen LogP contribution is -2.58. The summed E-state index contributed by atoms with van der Waals surface area (Å²) in [5.74, 6) is 0.273. The summed E-state index contributed by atoms with van der Waals surface area (Å²) >= 11 is 6.89. The standard InChI is InChI=1S/C35H40ClFN8O2/c1-8-27(46)43-17-22(7)44(18-21(43)6)32-24-16-25(36)30(23-12-9-10-13-26(23)37)38-33(24)45(35(47)41-32)31-28(19(2)3)39-34(42-14-11-15-42)40-29(31)20(4)5/h8-10,12-13,16,19-22H,1,11,14-15,17-18H2,2-7H3/t21-,22+/m1/s1. The van der Waals surface area contributed by atoms with E-state index in [1.807, 2.05) is 46.4 Å². The zero-order valence-electron chi connectivity index (χ0n) is 27.7. The molecule has 2 aliphatic rings. The van der Waals surface area contributed by atoms with Crippen molar-refractivity contribution in [1.82, 2.24) is 29.4 Å². The molecule has 1 amide bonds. The first-order valence-corrected chi connectivity index (χ1v) is 16.5. The topological polar surface area (TPSA) is 100 Å². The average Bonchev–Trinajstić information content (AvgIpc) is 3.00. The Bertz CT molecular complexity index is 1910. The van der Waals surface area contributed by atoms with Crippen LogP contribution in [0.4, 0.5) is 16.2 Å². The summed E-state index contributed by atoms with van der Waals surface area (Å²) in [4.78, 5) is 52.6. The van der Waals surface area contributed by atoms with E-state index in [1.54, 1.807) is 29.2 Å². The zero-order chi connectivity index (χ0) is 33.7. The molecule has 10 nitrogen and oxygen atoms in total. The van der Waals surface area contributed by atoms with Crippen LogP contribution >= 0.6 is 11.6 Å². The number of halogens is 2. The second-order valence-electron chi connectivity index (χ2n) is 13.1. The normalized spacial score (nSPS) is 18.3. The number of benzene rings is 1. The molecule has 0 saturated carbocycles. The van der Waals surface area contributed by atoms with Gasteiger partial charge in [-0.25, -0.2) is 28.7 Å². The molecule has 3 aromatic heterocycles. The molecular weight excluding hydrogens is 619 g/mol. The van der Waals surface area contributed by atoms with Crippen LogP contribution in [-0.4, -0.2) is 73.6 Å². The fourth-order valence-electron chi connectivity index (χ4n) is 6.38. The van der Waals surface area contributed by atoms with Crippen LogP contribution in [0.1, 0.15) is 71.2 Å². The highest BCUT2D eigenvalue weighted by atomic mass is 35.5. The van der Waals surface area contributed by atoms with Crippen molar-refractivity contribution in [1.29, 1.82) is 0 Å². The Morgan fingerprint density at radius 3 is 2.23 bits per heavy atom. The molecule has 12 heteroatoms. The maximum absolute atomic E-state index is 15.2. The van der Waals surface area contributed by atoms with E-state index >= 15 is 4.39 Å². The van der Waals surface area contributed by atoms with Gasteiger partial charge in [-0.3, -0.25) is 4.79 Å². The van der Waals surface area contributed by atoms with Crippen molar-refractivity contribution in [3.63, 3.8) is 0 Å². The van der Waals surface area contributed by atoms with Gasteiger partial charge in [-0.15, -0.1) is 0 Å². The molecule has 0 spiro atoms. The number of carbonyl (C=O) groups excluding carboxylic acids is 1. The number of fused-ring (bicyclic) bond motifs is 1. The number of aromatic nitrogens is 5. The molecule has 0 aliphatic carbocycles. The summed E-state index contributed by atoms with van der Waals surface area (Å²) in [5, 5.41) is 0.739. The fourth-order valence-corrected chi connectivity index (χ4v) is 6.64. The molecule has 1 aromatic carbocycles. The summed E-state index contributed by atoms with van der Waals surface area (Å²) in [6.07, 6.45) is 2.39. The first-order chi connectivity index (χ1) is 22.4. The average molecular weight is 659 g/mol. The molecule has 2 aliphatic heterocycles. The predicted molar refractivity (Wildman–Crippen MR) is 184 cm³/mol. The van der Waals surface area contributed by atoms with E-state index in [0.717, 1.165) is 19.5 Å². The number of hydrogen-bond acceptors (Lipinski definition) is 8. The van der Waals surface area contributed by atoms with Gasteiger partial charge >= 0.3 is 5.69 Å². The molecule has 2 saturated heterocycles. The van der Waals surface area contributed by atoms with E-state index < -0.39 is 11.5 Å². The first-order valence-electron chi connectivity index (χ1n) is 16.2. The number of amides is 1. The molecule has 0 N–H and O–H groups in total. The minimum Gasteiger partial charge on any atom is -0.349 e. The van der Waals surface area contributed by atoms with Gasteiger partial charge in [0.05, 0.1) is 33.2 Å². The largest absolute Gasteiger partial charge is 0.355 e. The van der Waals surface area contributed by atoms with Crippen molar-refractivity contribution in [2.45, 2.75) is 71.9 Å². The van der Waals surface area contributed by atoms with Crippen molar-refractivity contribution < 1.29 is 9.18 Å². The predicted octanol–water partition coefficient (Wildman–Crippen LogP) is 6.10. The third-order valence-electron chi connectivity index (χ3n) is 9.03. The molecule has 2 fully saturated rings. The molecule has 5 heterocycles. The molecule has 0 radical (unpaired) electrons. The number of rotatable bonds is 7. The minimum absolute atomic E-state index is 0.0677. The zero-order valence-corrected chi connectivity index (χ0v) is 28.4. The maximum atomic E-state index is 15.2. The summed E-state index contributed by atoms with van der Waals surface area (Å²) in [6.45, 7) is 18.3. The Balaban J connectivity index is 1.67. The smallest absolute Gasteiger partial charge is 0.349 e. The summed E-state index contributed by atoms with van der Waals surface area (Å²) in [5.41, 5.74) is 2.07. The van der Waals surface area contributed by atoms with Crippen LogP contribution in [0.2, 0.25) is 5.02 Å². The van der Waals surface area contributed by atoms with Gasteiger partial charge in [0.15, 0.2) is 5.65 Å². The Labute approximate surface area is 278 Å². The van der Waals surface area contributed by atoms with Crippen molar-refractivity contribution in [3.05, 3.63) is 75.7 Å². The Hall–Kier alpha value is -4.38. The SMILES string of the molecule is C=CC(=O)N1C[C@H](C)N(c2nc(=O)n(-c3c(C(C)C)nc(N4CCC4)nc3C(C)C)c3nc(-c4ccccc4F)c(Cl)cc23)C[C@H]1C. The van der Waals surface area contributed by atoms with Crippen LogP contribution in [0.3, 0.4) is 0 Å². The molecular formula is C35H40ClFN8O2. The monoisotopic (exact) mass is 658 g/mol. The summed E-state index contributed by atoms with van der Waals surface area (Å²) < 4.78 is 16.7. The highest BCUT2D eigenvalue weighted by molar-refractivity contribution is 6.33. The highest BCUT2D eigenvalue weighted by Crippen LogP contribution is 2.38. The molecule has 0 unspecified atom stereocenters. The molecule has 0 bridgehead atoms. The molecule has 246 valence electrons. The highest BCUT2D eigenvalue weighted by Gasteiger charge is 2.35. The number of pyridine rings is 1. The first kappa shape index (κ1) is 32.6. The van der Waals surface area contributed by atoms with Gasteiger partial charge in [-0.05, 0) is 56.4 Å². The van der Waals surface area contributed by atoms with E-state index in [1.165, 1.54) is 16.7 Å². The quantitative estimate of drug-likeness (QED) is 0.220. The summed E-state index contributed by atoms with van der Waals surface area (Å²) in [7, 11) is 0. The van der Waals surface area contributed by atoms with Crippen LogP contribution in [0.5, 0.6) is 0 Å². The van der Waals surface area contributed by atoms with Crippen LogP contribution in [0, 0.1) is 5.82 Å². The number of anilines is 2. The van der Waals surface area contributed by atoms with E-state index in [0.29, 0.717) is 47.3 Å². The van der Waals surface area contributed by atoms with Gasteiger partial charge in [-0.1, -0.05) is 58.0 Å². The van der Waals surface area contributed by atoms with Gasteiger partial charge < -0.3 is 14.7 Å². The van der Waals surface area contributed by atoms with Crippen LogP contribution in [0.15, 0.2) is 47.8 Å². The second kappa shape index (κ2) is 12.7. The Morgan fingerprint density at radius 2 is 1.66 bits per heavy atom. The van der Waals surface area contributed by atoms with E-state index in [-0.39, 0.29) is 51.8 Å². The minimum atomic E-state index is -0.560. The van der Waals surface area contributed by atoms with E-state index in [4.69, 9.17) is 31.5 Å². The van der Waals surface area contributed by atoms with Crippen molar-refractivity contribution in [2.75, 3.05) is 36.0 Å². The lowest BCUT2D eigenvalue weighted by atomic mass is 10.0. The van der Waals surface area contributed by atoms with E-state index in [2.05, 4.69) is 11.5 Å². The maximum Gasteiger partial charge on any atom is 0.355 e. The Kier molecular flexibility index (Phi) is 8.78. The molecule has 4 aromatic rings. The Morgan fingerprint density at radius 1 is 1.00 bits per heavy atom. The van der Waals surface area contributed by atoms with Crippen LogP contribution in [0.25, 0.3) is 28.0 Å². The number of carbonyl (C=O) groups is 1. The number of hydrogen-bond donors (Lipinski definition) is 0. The molecule has 6 rings (SSSR count). The van der Waals surface area contributed by atoms with Gasteiger partial charge in [0.1, 0.15) is 11.6 Å². The lowest BCUT2D eigenvalue weighted by molar-refractivity contribution is -0.128. The molecule has 47 heavy (non-hydrogen) atoms. The lowest BCUT2D eigenvalue weighted by Gasteiger charge is -2.44. The van der Waals surface area contributed by atoms with Crippen LogP contribution in [-0.2, 0) is 4.79 Å². The summed E-state index contributed by atoms with van der Waals surface area (Å²) in [6, 6.07) is 7.63. The second-order valence-corrected chi connectivity index (χ2v) is 13.5. The van der Waals surface area contributed by atoms with Crippen LogP contribution < -0.4 is 15.5 Å². The third-order valence-corrected chi connectivity index (χ3v) is 9.32. The van der Waals surface area contributed by atoms with Gasteiger partial charge in [0.25, 0.3) is 0 Å². The third kappa shape index (κ3) is 5.75. The van der Waals surface area contributed by atoms with Crippen molar-refractivity contribution >= 4 is 40.3 Å². The van der Waals surface area contributed by atoms with Crippen molar-refractivity contribution in [3.8, 4) is 16.9 Å². The number of nitrogens with zero attached hydrogens (tertiary/aromatic N) is 8. The van der Waals surface area contributed by atoms with Gasteiger partial charge in [0, 0.05) is 43.8 Å². The molecule has 2 atom stereocenters. The van der Waals surface area contributed by atoms with Crippen molar-refractivity contribution in [2.24, 2.45) is 0 Å². The van der Waals surface area contributed by atoms with E-state index in [9.17, 15) is 9.59 Å². The fraction of sp³-hybridized carbons (Fsp3) is 0.429. The van der Waals surface area contributed by atoms with Gasteiger partial charge in [-0.2, -0.15) is 4.98 Å². The van der Waals surface area contributed by atoms with Gasteiger partial charge in [0.2, 0.25) is 11.9 Å².